The smallest absolute Gasteiger partial charge is 0.323 e. The summed E-state index contributed by atoms with van der Waals surface area (Å²) in [5.41, 5.74) is 0. The van der Waals surface area contributed by atoms with Crippen LogP contribution in [0.2, 0.25) is 0 Å². The summed E-state index contributed by atoms with van der Waals surface area (Å²) >= 11 is 0. The Morgan fingerprint density at radius 2 is 2.12 bits per heavy atom. The number of carbonyl (C=O) groups is 2. The molecule has 2 N–H and O–H groups in total. The van der Waals surface area contributed by atoms with Gasteiger partial charge in [-0.2, -0.15) is 0 Å². The molecule has 2 aliphatic heterocycles. The molecule has 1 unspecified atom stereocenters. The van der Waals surface area contributed by atoms with Crippen molar-refractivity contribution >= 4 is 12.0 Å². The number of amides is 2. The number of carbonyl (C=O) groups excluding carboxylic acids is 1. The molecule has 0 bridgehead atoms. The van der Waals surface area contributed by atoms with E-state index < -0.39 is 5.97 Å². The van der Waals surface area contributed by atoms with Crippen LogP contribution in [-0.2, 0) is 4.79 Å². The van der Waals surface area contributed by atoms with Gasteiger partial charge in [0.05, 0.1) is 0 Å². The van der Waals surface area contributed by atoms with E-state index in [-0.39, 0.29) is 12.6 Å². The average molecular weight is 227 g/mol. The first-order valence-electron chi connectivity index (χ1n) is 5.65. The van der Waals surface area contributed by atoms with E-state index in [9.17, 15) is 9.59 Å². The molecule has 0 aromatic rings. The van der Waals surface area contributed by atoms with Gasteiger partial charge < -0.3 is 15.3 Å². The first-order valence-corrected chi connectivity index (χ1v) is 5.65. The van der Waals surface area contributed by atoms with Gasteiger partial charge >= 0.3 is 12.0 Å². The number of carboxylic acids is 1. The van der Waals surface area contributed by atoms with Crippen LogP contribution in [-0.4, -0.2) is 65.7 Å². The van der Waals surface area contributed by atoms with Crippen LogP contribution < -0.4 is 5.32 Å². The summed E-state index contributed by atoms with van der Waals surface area (Å²) in [5.74, 6) is -1.01. The Hall–Kier alpha value is -1.30. The molecular formula is C10H17N3O3. The molecular weight excluding hydrogens is 210 g/mol. The maximum atomic E-state index is 11.6. The molecule has 0 radical (unpaired) electrons. The average Bonchev–Trinajstić information content (AvgIpc) is 2.72. The monoisotopic (exact) mass is 227 g/mol. The number of aliphatic carboxylic acids is 1. The number of hydrogen-bond donors (Lipinski definition) is 2. The van der Waals surface area contributed by atoms with E-state index in [0.717, 1.165) is 26.1 Å². The van der Waals surface area contributed by atoms with Crippen molar-refractivity contribution in [3.63, 3.8) is 0 Å². The van der Waals surface area contributed by atoms with Gasteiger partial charge in [0.1, 0.15) is 6.54 Å². The quantitative estimate of drug-likeness (QED) is 0.671. The summed E-state index contributed by atoms with van der Waals surface area (Å²) < 4.78 is 0. The molecule has 90 valence electrons. The van der Waals surface area contributed by atoms with Gasteiger partial charge in [0.25, 0.3) is 0 Å². The third kappa shape index (κ3) is 2.44. The highest BCUT2D eigenvalue weighted by molar-refractivity contribution is 5.80. The minimum atomic E-state index is -1.01. The van der Waals surface area contributed by atoms with Crippen LogP contribution in [0, 0.1) is 0 Å². The molecule has 16 heavy (non-hydrogen) atoms. The molecule has 0 aromatic heterocycles. The predicted octanol–water partition coefficient (Wildman–Crippen LogP) is -0.439. The first-order chi connectivity index (χ1) is 7.66. The summed E-state index contributed by atoms with van der Waals surface area (Å²) in [4.78, 5) is 26.1. The lowest BCUT2D eigenvalue weighted by molar-refractivity contribution is -0.135. The van der Waals surface area contributed by atoms with Crippen molar-refractivity contribution in [1.29, 1.82) is 0 Å². The Morgan fingerprint density at radius 3 is 2.88 bits per heavy atom. The van der Waals surface area contributed by atoms with E-state index in [1.165, 1.54) is 6.42 Å². The molecule has 2 heterocycles. The highest BCUT2D eigenvalue weighted by Gasteiger charge is 2.32. The minimum absolute atomic E-state index is 0.256. The molecule has 2 saturated heterocycles. The van der Waals surface area contributed by atoms with Crippen molar-refractivity contribution in [2.45, 2.75) is 18.9 Å². The zero-order chi connectivity index (χ0) is 11.5. The lowest BCUT2D eigenvalue weighted by atomic mass is 10.2. The lowest BCUT2D eigenvalue weighted by Gasteiger charge is -2.37. The van der Waals surface area contributed by atoms with E-state index in [1.807, 2.05) is 0 Å². The van der Waals surface area contributed by atoms with E-state index in [1.54, 1.807) is 4.90 Å². The fourth-order valence-electron chi connectivity index (χ4n) is 2.44. The Bertz CT molecular complexity index is 295. The number of piperazine rings is 1. The van der Waals surface area contributed by atoms with Crippen LogP contribution in [0.5, 0.6) is 0 Å². The van der Waals surface area contributed by atoms with Gasteiger partial charge in [-0.05, 0) is 19.4 Å². The number of fused-ring (bicyclic) bond motifs is 1. The molecule has 0 spiro atoms. The molecule has 0 aromatic carbocycles. The molecule has 2 amide bonds. The summed E-state index contributed by atoms with van der Waals surface area (Å²) in [6.07, 6.45) is 2.35. The molecule has 6 heteroatoms. The first kappa shape index (κ1) is 11.2. The van der Waals surface area contributed by atoms with E-state index >= 15 is 0 Å². The van der Waals surface area contributed by atoms with Crippen LogP contribution in [0.4, 0.5) is 4.79 Å². The third-order valence-corrected chi connectivity index (χ3v) is 3.27. The molecule has 2 aliphatic rings. The topological polar surface area (TPSA) is 72.9 Å². The van der Waals surface area contributed by atoms with Gasteiger partial charge in [0, 0.05) is 25.7 Å². The second-order valence-electron chi connectivity index (χ2n) is 4.33. The van der Waals surface area contributed by atoms with Crippen molar-refractivity contribution in [3.05, 3.63) is 0 Å². The predicted molar refractivity (Wildman–Crippen MR) is 57.2 cm³/mol. The van der Waals surface area contributed by atoms with Gasteiger partial charge in [-0.1, -0.05) is 0 Å². The van der Waals surface area contributed by atoms with Gasteiger partial charge in [-0.15, -0.1) is 0 Å². The third-order valence-electron chi connectivity index (χ3n) is 3.27. The fraction of sp³-hybridized carbons (Fsp3) is 0.800. The lowest BCUT2D eigenvalue weighted by Crippen LogP contribution is -2.55. The second-order valence-corrected chi connectivity index (χ2v) is 4.33. The van der Waals surface area contributed by atoms with Crippen LogP contribution in [0.1, 0.15) is 12.8 Å². The number of nitrogens with zero attached hydrogens (tertiary/aromatic N) is 2. The van der Waals surface area contributed by atoms with Gasteiger partial charge in [-0.3, -0.25) is 9.69 Å². The van der Waals surface area contributed by atoms with Gasteiger partial charge in [0.2, 0.25) is 0 Å². The second kappa shape index (κ2) is 4.69. The minimum Gasteiger partial charge on any atom is -0.480 e. The van der Waals surface area contributed by atoms with E-state index in [0.29, 0.717) is 12.6 Å². The standard InChI is InChI=1S/C10H17N3O3/c14-9(15)6-11-10(16)13-5-4-12-3-1-2-8(12)7-13/h8H,1-7H2,(H,11,16)(H,14,15). The Kier molecular flexibility index (Phi) is 3.28. The molecule has 2 fully saturated rings. The summed E-state index contributed by atoms with van der Waals surface area (Å²) in [6.45, 7) is 3.16. The summed E-state index contributed by atoms with van der Waals surface area (Å²) in [5, 5.41) is 10.9. The molecule has 0 saturated carbocycles. The number of rotatable bonds is 2. The van der Waals surface area contributed by atoms with Crippen molar-refractivity contribution in [1.82, 2.24) is 15.1 Å². The van der Waals surface area contributed by atoms with Crippen LogP contribution in [0.25, 0.3) is 0 Å². The van der Waals surface area contributed by atoms with Crippen molar-refractivity contribution < 1.29 is 14.7 Å². The van der Waals surface area contributed by atoms with E-state index in [4.69, 9.17) is 5.11 Å². The maximum Gasteiger partial charge on any atom is 0.323 e. The van der Waals surface area contributed by atoms with Gasteiger partial charge in [0.15, 0.2) is 0 Å². The SMILES string of the molecule is O=C(O)CNC(=O)N1CCN2CCCC2C1. The van der Waals surface area contributed by atoms with Crippen LogP contribution in [0.3, 0.4) is 0 Å². The van der Waals surface area contributed by atoms with Crippen LogP contribution in [0.15, 0.2) is 0 Å². The molecule has 2 rings (SSSR count). The van der Waals surface area contributed by atoms with Crippen LogP contribution >= 0.6 is 0 Å². The highest BCUT2D eigenvalue weighted by Crippen LogP contribution is 2.21. The number of nitrogens with one attached hydrogen (secondary N) is 1. The Labute approximate surface area is 94.2 Å². The Balaban J connectivity index is 1.81. The zero-order valence-electron chi connectivity index (χ0n) is 9.19. The van der Waals surface area contributed by atoms with Gasteiger partial charge in [-0.25, -0.2) is 4.79 Å². The van der Waals surface area contributed by atoms with Crippen molar-refractivity contribution in [2.24, 2.45) is 0 Å². The normalized spacial score (nSPS) is 25.2. The summed E-state index contributed by atoms with van der Waals surface area (Å²) in [6, 6.07) is 0.221. The maximum absolute atomic E-state index is 11.6. The zero-order valence-corrected chi connectivity index (χ0v) is 9.19. The number of carboxylic acid groups (broad SMARTS) is 1. The van der Waals surface area contributed by atoms with Crippen molar-refractivity contribution in [3.8, 4) is 0 Å². The Morgan fingerprint density at radius 1 is 1.31 bits per heavy atom. The number of hydrogen-bond acceptors (Lipinski definition) is 3. The highest BCUT2D eigenvalue weighted by atomic mass is 16.4. The fourth-order valence-corrected chi connectivity index (χ4v) is 2.44. The van der Waals surface area contributed by atoms with Crippen molar-refractivity contribution in [2.75, 3.05) is 32.7 Å². The van der Waals surface area contributed by atoms with E-state index in [2.05, 4.69) is 10.2 Å². The molecule has 0 aliphatic carbocycles. The molecule has 1 atom stereocenters. The number of urea groups is 1. The summed E-state index contributed by atoms with van der Waals surface area (Å²) in [7, 11) is 0. The molecule has 6 nitrogen and oxygen atoms in total. The largest absolute Gasteiger partial charge is 0.480 e.